The first-order valence-electron chi connectivity index (χ1n) is 6.65. The third kappa shape index (κ3) is 3.70. The predicted octanol–water partition coefficient (Wildman–Crippen LogP) is 2.87. The molecule has 22 heavy (non-hydrogen) atoms. The number of pyridine rings is 1. The van der Waals surface area contributed by atoms with Crippen molar-refractivity contribution >= 4 is 11.5 Å². The van der Waals surface area contributed by atoms with Crippen LogP contribution in [0.4, 0.5) is 11.5 Å². The zero-order valence-electron chi connectivity index (χ0n) is 11.9. The zero-order valence-corrected chi connectivity index (χ0v) is 11.9. The number of nitrogens with one attached hydrogen (secondary N) is 1. The molecule has 1 aromatic heterocycles. The van der Waals surface area contributed by atoms with E-state index in [1.54, 1.807) is 6.07 Å². The number of ether oxygens (including phenoxy) is 1. The molecule has 7 nitrogen and oxygen atoms in total. The molecule has 0 saturated carbocycles. The van der Waals surface area contributed by atoms with Gasteiger partial charge in [-0.3, -0.25) is 10.1 Å². The van der Waals surface area contributed by atoms with Gasteiger partial charge in [-0.2, -0.15) is 5.26 Å². The van der Waals surface area contributed by atoms with E-state index in [1.807, 2.05) is 31.2 Å². The van der Waals surface area contributed by atoms with Gasteiger partial charge < -0.3 is 10.1 Å². The monoisotopic (exact) mass is 298 g/mol. The Hall–Kier alpha value is -3.14. The smallest absolute Gasteiger partial charge is 0.305 e. The number of aromatic nitrogens is 1. The first-order valence-corrected chi connectivity index (χ1v) is 6.65. The molecular weight excluding hydrogens is 284 g/mol. The SMILES string of the molecule is CCOc1cccc(CNc2ccc([N+](=O)[O-])c(C#N)n2)c1. The highest BCUT2D eigenvalue weighted by Gasteiger charge is 2.15. The van der Waals surface area contributed by atoms with Crippen LogP contribution in [0.5, 0.6) is 5.75 Å². The Morgan fingerprint density at radius 2 is 2.23 bits per heavy atom. The summed E-state index contributed by atoms with van der Waals surface area (Å²) in [6.07, 6.45) is 0. The van der Waals surface area contributed by atoms with Crippen molar-refractivity contribution in [1.82, 2.24) is 4.98 Å². The van der Waals surface area contributed by atoms with Gasteiger partial charge in [0.05, 0.1) is 11.5 Å². The van der Waals surface area contributed by atoms with Gasteiger partial charge in [0, 0.05) is 12.6 Å². The summed E-state index contributed by atoms with van der Waals surface area (Å²) in [6.45, 7) is 2.97. The quantitative estimate of drug-likeness (QED) is 0.650. The lowest BCUT2D eigenvalue weighted by molar-refractivity contribution is -0.385. The summed E-state index contributed by atoms with van der Waals surface area (Å²) in [7, 11) is 0. The fourth-order valence-corrected chi connectivity index (χ4v) is 1.88. The molecule has 2 rings (SSSR count). The minimum atomic E-state index is -0.624. The van der Waals surface area contributed by atoms with Crippen LogP contribution in [0.3, 0.4) is 0 Å². The number of nitrogens with zero attached hydrogens (tertiary/aromatic N) is 3. The summed E-state index contributed by atoms with van der Waals surface area (Å²) >= 11 is 0. The summed E-state index contributed by atoms with van der Waals surface area (Å²) in [5, 5.41) is 22.7. The first-order chi connectivity index (χ1) is 10.6. The van der Waals surface area contributed by atoms with Crippen LogP contribution in [0, 0.1) is 21.4 Å². The van der Waals surface area contributed by atoms with Crippen LogP contribution in [0.25, 0.3) is 0 Å². The molecule has 0 bridgehead atoms. The second-order valence-electron chi connectivity index (χ2n) is 4.37. The number of nitriles is 1. The first kappa shape index (κ1) is 15.3. The maximum Gasteiger partial charge on any atom is 0.305 e. The van der Waals surface area contributed by atoms with E-state index in [1.165, 1.54) is 12.1 Å². The van der Waals surface area contributed by atoms with Crippen molar-refractivity contribution < 1.29 is 9.66 Å². The van der Waals surface area contributed by atoms with Crippen molar-refractivity contribution in [2.75, 3.05) is 11.9 Å². The van der Waals surface area contributed by atoms with Gasteiger partial charge in [-0.25, -0.2) is 4.98 Å². The Balaban J connectivity index is 2.10. The van der Waals surface area contributed by atoms with Crippen molar-refractivity contribution in [2.24, 2.45) is 0 Å². The Morgan fingerprint density at radius 1 is 1.41 bits per heavy atom. The van der Waals surface area contributed by atoms with Crippen LogP contribution in [-0.2, 0) is 6.54 Å². The molecule has 112 valence electrons. The molecule has 1 heterocycles. The maximum absolute atomic E-state index is 10.8. The van der Waals surface area contributed by atoms with Crippen LogP contribution in [-0.4, -0.2) is 16.5 Å². The predicted molar refractivity (Wildman–Crippen MR) is 80.5 cm³/mol. The Bertz CT molecular complexity index is 725. The van der Waals surface area contributed by atoms with Crippen molar-refractivity contribution in [1.29, 1.82) is 5.26 Å². The van der Waals surface area contributed by atoms with E-state index in [-0.39, 0.29) is 11.4 Å². The lowest BCUT2D eigenvalue weighted by Gasteiger charge is -2.08. The molecule has 0 aliphatic heterocycles. The molecule has 0 radical (unpaired) electrons. The highest BCUT2D eigenvalue weighted by molar-refractivity contribution is 5.50. The molecule has 0 unspecified atom stereocenters. The van der Waals surface area contributed by atoms with Gasteiger partial charge in [0.25, 0.3) is 0 Å². The molecule has 7 heteroatoms. The second-order valence-corrected chi connectivity index (χ2v) is 4.37. The standard InChI is InChI=1S/C15H14N4O3/c1-2-22-12-5-3-4-11(8-12)10-17-15-7-6-14(19(20)21)13(9-16)18-15/h3-8H,2,10H2,1H3,(H,17,18). The largest absolute Gasteiger partial charge is 0.494 e. The molecule has 0 amide bonds. The molecule has 0 fully saturated rings. The summed E-state index contributed by atoms with van der Waals surface area (Å²) < 4.78 is 5.42. The molecule has 0 atom stereocenters. The van der Waals surface area contributed by atoms with E-state index < -0.39 is 4.92 Å². The van der Waals surface area contributed by atoms with E-state index in [4.69, 9.17) is 10.00 Å². The van der Waals surface area contributed by atoms with E-state index in [0.29, 0.717) is 19.0 Å². The molecule has 0 spiro atoms. The minimum Gasteiger partial charge on any atom is -0.494 e. The van der Waals surface area contributed by atoms with Gasteiger partial charge in [-0.1, -0.05) is 12.1 Å². The van der Waals surface area contributed by atoms with Gasteiger partial charge in [0.15, 0.2) is 0 Å². The number of nitro groups is 1. The van der Waals surface area contributed by atoms with Gasteiger partial charge >= 0.3 is 5.69 Å². The maximum atomic E-state index is 10.8. The fraction of sp³-hybridized carbons (Fsp3) is 0.200. The highest BCUT2D eigenvalue weighted by Crippen LogP contribution is 2.19. The van der Waals surface area contributed by atoms with Gasteiger partial charge in [0.1, 0.15) is 17.6 Å². The minimum absolute atomic E-state index is 0.210. The molecule has 0 aliphatic carbocycles. The van der Waals surface area contributed by atoms with Crippen molar-refractivity contribution in [3.63, 3.8) is 0 Å². The van der Waals surface area contributed by atoms with Crippen molar-refractivity contribution in [2.45, 2.75) is 13.5 Å². The number of hydrogen-bond donors (Lipinski definition) is 1. The van der Waals surface area contributed by atoms with Crippen LogP contribution < -0.4 is 10.1 Å². The van der Waals surface area contributed by atoms with E-state index >= 15 is 0 Å². The molecule has 0 aliphatic rings. The van der Waals surface area contributed by atoms with E-state index in [0.717, 1.165) is 11.3 Å². The van der Waals surface area contributed by atoms with E-state index in [9.17, 15) is 10.1 Å². The molecular formula is C15H14N4O3. The number of hydrogen-bond acceptors (Lipinski definition) is 6. The normalized spacial score (nSPS) is 9.82. The summed E-state index contributed by atoms with van der Waals surface area (Å²) in [6, 6.07) is 12.0. The summed E-state index contributed by atoms with van der Waals surface area (Å²) in [4.78, 5) is 14.1. The molecule has 1 N–H and O–H groups in total. The molecule has 0 saturated heterocycles. The average molecular weight is 298 g/mol. The molecule has 2 aromatic rings. The number of benzene rings is 1. The second kappa shape index (κ2) is 7.04. The lowest BCUT2D eigenvalue weighted by Crippen LogP contribution is -2.04. The van der Waals surface area contributed by atoms with Crippen LogP contribution in [0.15, 0.2) is 36.4 Å². The Kier molecular flexibility index (Phi) is 4.88. The van der Waals surface area contributed by atoms with Crippen LogP contribution in [0.1, 0.15) is 18.2 Å². The van der Waals surface area contributed by atoms with Crippen molar-refractivity contribution in [3.8, 4) is 11.8 Å². The zero-order chi connectivity index (χ0) is 15.9. The molecule has 1 aromatic carbocycles. The lowest BCUT2D eigenvalue weighted by atomic mass is 10.2. The topological polar surface area (TPSA) is 101 Å². The van der Waals surface area contributed by atoms with Crippen molar-refractivity contribution in [3.05, 3.63) is 57.8 Å². The third-order valence-electron chi connectivity index (χ3n) is 2.86. The van der Waals surface area contributed by atoms with Crippen LogP contribution >= 0.6 is 0 Å². The fourth-order valence-electron chi connectivity index (χ4n) is 1.88. The summed E-state index contributed by atoms with van der Waals surface area (Å²) in [5.41, 5.74) is 0.467. The Morgan fingerprint density at radius 3 is 2.91 bits per heavy atom. The number of anilines is 1. The highest BCUT2D eigenvalue weighted by atomic mass is 16.6. The average Bonchev–Trinajstić information content (AvgIpc) is 2.53. The van der Waals surface area contributed by atoms with Gasteiger partial charge in [-0.15, -0.1) is 0 Å². The van der Waals surface area contributed by atoms with Gasteiger partial charge in [-0.05, 0) is 30.7 Å². The summed E-state index contributed by atoms with van der Waals surface area (Å²) in [5.74, 6) is 1.18. The Labute approximate surface area is 127 Å². The van der Waals surface area contributed by atoms with Crippen LogP contribution in [0.2, 0.25) is 0 Å². The third-order valence-corrected chi connectivity index (χ3v) is 2.86. The van der Waals surface area contributed by atoms with E-state index in [2.05, 4.69) is 10.3 Å². The number of rotatable bonds is 6. The van der Waals surface area contributed by atoms with Gasteiger partial charge in [0.2, 0.25) is 5.69 Å².